The zero-order valence-corrected chi connectivity index (χ0v) is 16.7. The zero-order valence-electron chi connectivity index (χ0n) is 13.6. The van der Waals surface area contributed by atoms with Crippen molar-refractivity contribution in [3.63, 3.8) is 0 Å². The van der Waals surface area contributed by atoms with Gasteiger partial charge in [-0.15, -0.1) is 0 Å². The Kier molecular flexibility index (Phi) is 26.5. The van der Waals surface area contributed by atoms with Gasteiger partial charge in [-0.2, -0.15) is 54.6 Å². The molecule has 0 aromatic heterocycles. The van der Waals surface area contributed by atoms with Crippen LogP contribution in [0.4, 0.5) is 0 Å². The molecule has 0 saturated heterocycles. The van der Waals surface area contributed by atoms with Gasteiger partial charge in [-0.1, -0.05) is 0 Å². The first-order chi connectivity index (χ1) is 8.96. The molecular weight excluding hydrogens is 322 g/mol. The standard InChI is InChI=1S/C6H5.C5H5.2C3H9P.Fe/c1-2-4-6-5-3-1;1-2-4-5-3-1;2*1-4(2)3;/h1-5H;1-5H;2*1-3H3;/q2*-1;;;+6/p+2. The van der Waals surface area contributed by atoms with Gasteiger partial charge < -0.3 is 0 Å². The van der Waals surface area contributed by atoms with E-state index in [1.807, 2.05) is 60.7 Å². The summed E-state index contributed by atoms with van der Waals surface area (Å²) < 4.78 is 0. The van der Waals surface area contributed by atoms with Gasteiger partial charge in [0, 0.05) is 40.0 Å². The topological polar surface area (TPSA) is 0 Å². The predicted molar refractivity (Wildman–Crippen MR) is 99.5 cm³/mol. The predicted octanol–water partition coefficient (Wildman–Crippen LogP) is 5.07. The molecule has 3 heteroatoms. The molecule has 2 aromatic carbocycles. The molecule has 0 fully saturated rings. The third kappa shape index (κ3) is 43.0. The van der Waals surface area contributed by atoms with Crippen LogP contribution in [-0.4, -0.2) is 40.0 Å². The normalized spacial score (nSPS) is 8.00. The largest absolute Gasteiger partial charge is 6.00 e. The smallest absolute Gasteiger partial charge is 0.214 e. The molecule has 0 nitrogen and oxygen atoms in total. The van der Waals surface area contributed by atoms with E-state index < -0.39 is 0 Å². The summed E-state index contributed by atoms with van der Waals surface area (Å²) in [5.74, 6) is 0. The average Bonchev–Trinajstić information content (AvgIpc) is 2.88. The van der Waals surface area contributed by atoms with Gasteiger partial charge in [0.1, 0.15) is 0 Å². The third-order valence-electron chi connectivity index (χ3n) is 1.16. The average molecular weight is 352 g/mol. The quantitative estimate of drug-likeness (QED) is 0.353. The van der Waals surface area contributed by atoms with E-state index in [0.29, 0.717) is 0 Å². The minimum absolute atomic E-state index is 0. The van der Waals surface area contributed by atoms with Crippen LogP contribution < -0.4 is 0 Å². The van der Waals surface area contributed by atoms with Crippen molar-refractivity contribution in [2.45, 2.75) is 0 Å². The molecule has 0 bridgehead atoms. The number of hydrogen-bond acceptors (Lipinski definition) is 0. The molecule has 0 atom stereocenters. The molecule has 0 aliphatic heterocycles. The van der Waals surface area contributed by atoms with E-state index in [1.54, 1.807) is 0 Å². The first-order valence-electron chi connectivity index (χ1n) is 6.58. The summed E-state index contributed by atoms with van der Waals surface area (Å²) in [7, 11) is 0.241. The Labute approximate surface area is 139 Å². The second-order valence-electron chi connectivity index (χ2n) is 5.04. The van der Waals surface area contributed by atoms with Crippen molar-refractivity contribution in [2.75, 3.05) is 40.0 Å². The van der Waals surface area contributed by atoms with Crippen LogP contribution in [0.3, 0.4) is 0 Å². The van der Waals surface area contributed by atoms with E-state index in [-0.39, 0.29) is 32.9 Å². The van der Waals surface area contributed by atoms with Gasteiger partial charge in [0.05, 0.1) is 0 Å². The molecule has 2 aromatic rings. The van der Waals surface area contributed by atoms with Crippen LogP contribution in [0.15, 0.2) is 60.7 Å². The SMILES string of the molecule is C[PH+](C)C.C[PH+](C)C.[Fe+6].[c-]1ccccc1.c1cc[cH-]c1. The summed E-state index contributed by atoms with van der Waals surface area (Å²) in [4.78, 5) is 0. The van der Waals surface area contributed by atoms with E-state index in [9.17, 15) is 0 Å². The van der Waals surface area contributed by atoms with Crippen LogP contribution in [0.2, 0.25) is 0 Å². The Hall–Kier alpha value is -0.0505. The van der Waals surface area contributed by atoms with Gasteiger partial charge in [-0.05, 0) is 15.8 Å². The van der Waals surface area contributed by atoms with Crippen molar-refractivity contribution in [2.24, 2.45) is 0 Å². The van der Waals surface area contributed by atoms with Crippen LogP contribution in [0, 0.1) is 6.07 Å². The molecule has 0 N–H and O–H groups in total. The zero-order chi connectivity index (χ0) is 14.9. The molecule has 0 radical (unpaired) electrons. The molecule has 0 saturated carbocycles. The van der Waals surface area contributed by atoms with Crippen LogP contribution in [0.5, 0.6) is 0 Å². The monoisotopic (exact) mass is 352 g/mol. The van der Waals surface area contributed by atoms with E-state index in [4.69, 9.17) is 0 Å². The number of benzene rings is 1. The van der Waals surface area contributed by atoms with Gasteiger partial charge in [0.15, 0.2) is 0 Å². The third-order valence-corrected chi connectivity index (χ3v) is 1.16. The van der Waals surface area contributed by atoms with E-state index in [2.05, 4.69) is 46.1 Å². The van der Waals surface area contributed by atoms with Gasteiger partial charge >= 0.3 is 17.1 Å². The summed E-state index contributed by atoms with van der Waals surface area (Å²) >= 11 is 0. The maximum absolute atomic E-state index is 2.89. The minimum atomic E-state index is 0. The molecule has 0 unspecified atom stereocenters. The Morgan fingerprint density at radius 2 is 1.00 bits per heavy atom. The van der Waals surface area contributed by atoms with Crippen molar-refractivity contribution < 1.29 is 17.1 Å². The van der Waals surface area contributed by atoms with Crippen LogP contribution in [0.25, 0.3) is 0 Å². The van der Waals surface area contributed by atoms with Gasteiger partial charge in [0.2, 0.25) is 0 Å². The van der Waals surface area contributed by atoms with Crippen molar-refractivity contribution in [3.05, 3.63) is 66.7 Å². The molecule has 0 aliphatic rings. The van der Waals surface area contributed by atoms with Crippen molar-refractivity contribution >= 4 is 15.8 Å². The summed E-state index contributed by atoms with van der Waals surface area (Å²) in [5.41, 5.74) is 0. The second kappa shape index (κ2) is 21.3. The summed E-state index contributed by atoms with van der Waals surface area (Å²) in [6.07, 6.45) is 0. The molecule has 0 aliphatic carbocycles. The van der Waals surface area contributed by atoms with E-state index >= 15 is 0 Å². The van der Waals surface area contributed by atoms with Crippen molar-refractivity contribution in [1.29, 1.82) is 0 Å². The first-order valence-corrected chi connectivity index (χ1v) is 12.6. The number of rotatable bonds is 0. The Bertz CT molecular complexity index is 263. The van der Waals surface area contributed by atoms with Crippen LogP contribution in [-0.2, 0) is 17.1 Å². The van der Waals surface area contributed by atoms with Crippen LogP contribution >= 0.6 is 15.8 Å². The second-order valence-corrected chi connectivity index (χ2v) is 11.0. The molecule has 20 heavy (non-hydrogen) atoms. The molecule has 2 rings (SSSR count). The maximum Gasteiger partial charge on any atom is 6.00 e. The van der Waals surface area contributed by atoms with Gasteiger partial charge in [-0.25, -0.2) is 12.1 Å². The van der Waals surface area contributed by atoms with Gasteiger partial charge in [0.25, 0.3) is 0 Å². The van der Waals surface area contributed by atoms with Crippen molar-refractivity contribution in [3.8, 4) is 0 Å². The fourth-order valence-electron chi connectivity index (χ4n) is 0.663. The number of hydrogen-bond donors (Lipinski definition) is 0. The fraction of sp³-hybridized carbons (Fsp3) is 0.353. The van der Waals surface area contributed by atoms with Crippen molar-refractivity contribution in [1.82, 2.24) is 0 Å². The molecule has 0 amide bonds. The summed E-state index contributed by atoms with van der Waals surface area (Å²) in [6.45, 7) is 13.6. The molecule has 110 valence electrons. The van der Waals surface area contributed by atoms with Crippen LogP contribution in [0.1, 0.15) is 0 Å². The molecule has 0 spiro atoms. The maximum atomic E-state index is 2.89. The first kappa shape index (κ1) is 24.9. The molecular formula is C17H30FeP2+6. The Morgan fingerprint density at radius 3 is 1.10 bits per heavy atom. The van der Waals surface area contributed by atoms with Gasteiger partial charge in [-0.3, -0.25) is 0 Å². The van der Waals surface area contributed by atoms with E-state index in [1.165, 1.54) is 0 Å². The summed E-state index contributed by atoms with van der Waals surface area (Å²) in [5, 5.41) is 0. The summed E-state index contributed by atoms with van der Waals surface area (Å²) in [6, 6.07) is 22.5. The Balaban J connectivity index is -0.000000193. The minimum Gasteiger partial charge on any atom is -0.214 e. The molecule has 0 heterocycles. The fourth-order valence-corrected chi connectivity index (χ4v) is 0.663. The Morgan fingerprint density at radius 1 is 0.650 bits per heavy atom. The van der Waals surface area contributed by atoms with E-state index in [0.717, 1.165) is 0 Å².